The quantitative estimate of drug-likeness (QED) is 0.936. The molecule has 0 fully saturated rings. The zero-order chi connectivity index (χ0) is 12.3. The fraction of sp³-hybridized carbons (Fsp3) is 0.273. The summed E-state index contributed by atoms with van der Waals surface area (Å²) in [4.78, 5) is 8.91. The number of thiophene rings is 1. The van der Waals surface area contributed by atoms with E-state index in [1.165, 1.54) is 6.33 Å². The number of anilines is 1. The molecule has 0 saturated heterocycles. The fourth-order valence-electron chi connectivity index (χ4n) is 1.39. The van der Waals surface area contributed by atoms with Gasteiger partial charge >= 0.3 is 0 Å². The Kier molecular flexibility index (Phi) is 4.06. The van der Waals surface area contributed by atoms with E-state index in [0.29, 0.717) is 18.7 Å². The third kappa shape index (κ3) is 2.81. The number of hydrogen-bond donors (Lipinski definition) is 1. The molecule has 0 radical (unpaired) electrons. The van der Waals surface area contributed by atoms with E-state index in [4.69, 9.17) is 0 Å². The van der Waals surface area contributed by atoms with E-state index >= 15 is 0 Å². The van der Waals surface area contributed by atoms with Gasteiger partial charge in [0.05, 0.1) is 12.2 Å². The monoisotopic (exact) mass is 315 g/mol. The highest BCUT2D eigenvalue weighted by molar-refractivity contribution is 9.10. The number of nitrogens with one attached hydrogen (secondary N) is 1. The maximum atomic E-state index is 13.8. The number of hydrogen-bond acceptors (Lipinski definition) is 4. The van der Waals surface area contributed by atoms with Crippen molar-refractivity contribution in [1.29, 1.82) is 0 Å². The van der Waals surface area contributed by atoms with Crippen LogP contribution >= 0.6 is 27.3 Å². The summed E-state index contributed by atoms with van der Waals surface area (Å²) in [6.45, 7) is 2.42. The molecule has 2 rings (SSSR count). The van der Waals surface area contributed by atoms with Gasteiger partial charge in [-0.05, 0) is 33.8 Å². The zero-order valence-electron chi connectivity index (χ0n) is 9.20. The smallest absolute Gasteiger partial charge is 0.186 e. The van der Waals surface area contributed by atoms with Crippen molar-refractivity contribution in [3.63, 3.8) is 0 Å². The van der Waals surface area contributed by atoms with Crippen molar-refractivity contribution in [2.75, 3.05) is 5.32 Å². The largest absolute Gasteiger partial charge is 0.363 e. The van der Waals surface area contributed by atoms with E-state index in [-0.39, 0.29) is 11.6 Å². The Labute approximate surface area is 111 Å². The van der Waals surface area contributed by atoms with Gasteiger partial charge in [0.25, 0.3) is 0 Å². The number of halogens is 2. The van der Waals surface area contributed by atoms with Gasteiger partial charge in [-0.15, -0.1) is 11.3 Å². The average molecular weight is 316 g/mol. The summed E-state index contributed by atoms with van der Waals surface area (Å²) in [5.74, 6) is -0.0974. The summed E-state index contributed by atoms with van der Waals surface area (Å²) >= 11 is 5.04. The van der Waals surface area contributed by atoms with Gasteiger partial charge in [0.15, 0.2) is 11.6 Å². The second kappa shape index (κ2) is 5.55. The van der Waals surface area contributed by atoms with Crippen LogP contribution in [-0.4, -0.2) is 9.97 Å². The Morgan fingerprint density at radius 1 is 1.47 bits per heavy atom. The van der Waals surface area contributed by atoms with Crippen LogP contribution in [0.25, 0.3) is 0 Å². The van der Waals surface area contributed by atoms with Gasteiger partial charge in [0, 0.05) is 9.35 Å². The lowest BCUT2D eigenvalue weighted by molar-refractivity contribution is 0.597. The topological polar surface area (TPSA) is 37.8 Å². The van der Waals surface area contributed by atoms with Gasteiger partial charge in [-0.3, -0.25) is 0 Å². The van der Waals surface area contributed by atoms with Crippen molar-refractivity contribution < 1.29 is 4.39 Å². The predicted molar refractivity (Wildman–Crippen MR) is 70.7 cm³/mol. The van der Waals surface area contributed by atoms with Crippen LogP contribution in [0.15, 0.2) is 22.2 Å². The molecule has 0 unspecified atom stereocenters. The van der Waals surface area contributed by atoms with Gasteiger partial charge in [-0.2, -0.15) is 0 Å². The fourth-order valence-corrected chi connectivity index (χ4v) is 2.82. The zero-order valence-corrected chi connectivity index (χ0v) is 11.6. The first-order valence-electron chi connectivity index (χ1n) is 5.17. The van der Waals surface area contributed by atoms with Crippen molar-refractivity contribution in [2.45, 2.75) is 19.9 Å². The van der Waals surface area contributed by atoms with Gasteiger partial charge in [-0.25, -0.2) is 14.4 Å². The molecule has 0 aliphatic rings. The van der Waals surface area contributed by atoms with Crippen LogP contribution < -0.4 is 5.32 Å². The van der Waals surface area contributed by atoms with Gasteiger partial charge in [0.1, 0.15) is 6.33 Å². The number of rotatable bonds is 4. The molecule has 0 spiro atoms. The molecular formula is C11H11BrFN3S. The summed E-state index contributed by atoms with van der Waals surface area (Å²) in [5, 5.41) is 4.97. The van der Waals surface area contributed by atoms with E-state index in [1.807, 2.05) is 18.4 Å². The predicted octanol–water partition coefficient (Wildman–Crippen LogP) is 3.61. The first-order valence-corrected chi connectivity index (χ1v) is 6.84. The molecule has 3 nitrogen and oxygen atoms in total. The molecule has 0 aromatic carbocycles. The molecule has 0 atom stereocenters. The van der Waals surface area contributed by atoms with E-state index in [0.717, 1.165) is 9.35 Å². The minimum atomic E-state index is -0.359. The number of nitrogens with zero attached hydrogens (tertiary/aromatic N) is 2. The van der Waals surface area contributed by atoms with Crippen molar-refractivity contribution in [3.05, 3.63) is 38.6 Å². The van der Waals surface area contributed by atoms with Gasteiger partial charge in [0.2, 0.25) is 0 Å². The molecule has 6 heteroatoms. The lowest BCUT2D eigenvalue weighted by atomic mass is 10.3. The summed E-state index contributed by atoms with van der Waals surface area (Å²) in [5.41, 5.74) is 0.438. The molecule has 0 aliphatic carbocycles. The molecule has 0 aliphatic heterocycles. The SMILES string of the molecule is CCc1ncnc(NCc2sccc2Br)c1F. The minimum absolute atomic E-state index is 0.261. The molecule has 1 N–H and O–H groups in total. The van der Waals surface area contributed by atoms with E-state index in [2.05, 4.69) is 31.2 Å². The van der Waals surface area contributed by atoms with Crippen LogP contribution in [-0.2, 0) is 13.0 Å². The van der Waals surface area contributed by atoms with Crippen molar-refractivity contribution in [1.82, 2.24) is 9.97 Å². The van der Waals surface area contributed by atoms with Gasteiger partial charge in [-0.1, -0.05) is 6.92 Å². The Morgan fingerprint density at radius 2 is 2.29 bits per heavy atom. The summed E-state index contributed by atoms with van der Waals surface area (Å²) in [6, 6.07) is 1.97. The molecule has 0 amide bonds. The first kappa shape index (κ1) is 12.4. The molecule has 0 bridgehead atoms. The van der Waals surface area contributed by atoms with E-state index in [1.54, 1.807) is 11.3 Å². The van der Waals surface area contributed by atoms with Crippen LogP contribution in [0.5, 0.6) is 0 Å². The average Bonchev–Trinajstić information content (AvgIpc) is 2.74. The van der Waals surface area contributed by atoms with Crippen LogP contribution in [0, 0.1) is 5.82 Å². The molecule has 0 saturated carbocycles. The maximum absolute atomic E-state index is 13.8. The minimum Gasteiger partial charge on any atom is -0.363 e. The number of aryl methyl sites for hydroxylation is 1. The molecular weight excluding hydrogens is 305 g/mol. The van der Waals surface area contributed by atoms with Crippen LogP contribution in [0.2, 0.25) is 0 Å². The summed E-state index contributed by atoms with van der Waals surface area (Å²) < 4.78 is 14.8. The van der Waals surface area contributed by atoms with E-state index in [9.17, 15) is 4.39 Å². The standard InChI is InChI=1S/C11H11BrFN3S/c1-2-8-10(13)11(16-6-15-8)14-5-9-7(12)3-4-17-9/h3-4,6H,2,5H2,1H3,(H,14,15,16). The van der Waals surface area contributed by atoms with E-state index < -0.39 is 0 Å². The van der Waals surface area contributed by atoms with Crippen LogP contribution in [0.4, 0.5) is 10.2 Å². The Morgan fingerprint density at radius 3 is 2.94 bits per heavy atom. The van der Waals surface area contributed by atoms with Crippen LogP contribution in [0.3, 0.4) is 0 Å². The molecule has 2 aromatic heterocycles. The lowest BCUT2D eigenvalue weighted by Crippen LogP contribution is -2.06. The van der Waals surface area contributed by atoms with Gasteiger partial charge < -0.3 is 5.32 Å². The van der Waals surface area contributed by atoms with Crippen LogP contribution in [0.1, 0.15) is 17.5 Å². The third-order valence-electron chi connectivity index (χ3n) is 2.30. The molecule has 2 heterocycles. The number of aromatic nitrogens is 2. The highest BCUT2D eigenvalue weighted by Gasteiger charge is 2.10. The third-order valence-corrected chi connectivity index (χ3v) is 4.23. The summed E-state index contributed by atoms with van der Waals surface area (Å²) in [7, 11) is 0. The molecule has 90 valence electrons. The second-order valence-electron chi connectivity index (χ2n) is 3.38. The highest BCUT2D eigenvalue weighted by Crippen LogP contribution is 2.24. The van der Waals surface area contributed by atoms with Crippen molar-refractivity contribution >= 4 is 33.1 Å². The summed E-state index contributed by atoms with van der Waals surface area (Å²) in [6.07, 6.45) is 1.94. The lowest BCUT2D eigenvalue weighted by Gasteiger charge is -2.07. The molecule has 2 aromatic rings. The van der Waals surface area contributed by atoms with Crippen molar-refractivity contribution in [2.24, 2.45) is 0 Å². The first-order chi connectivity index (χ1) is 8.22. The highest BCUT2D eigenvalue weighted by atomic mass is 79.9. The Bertz CT molecular complexity index is 515. The Hall–Kier alpha value is -1.01. The normalized spacial score (nSPS) is 10.5. The second-order valence-corrected chi connectivity index (χ2v) is 5.24. The Balaban J connectivity index is 2.12. The maximum Gasteiger partial charge on any atom is 0.186 e. The molecule has 17 heavy (non-hydrogen) atoms. The van der Waals surface area contributed by atoms with Crippen molar-refractivity contribution in [3.8, 4) is 0 Å².